The standard InChI is InChI=1S/C13H19N3S/c1-8(5-10-3-4-10)15-12-7-11(13(14)17)6-9(2)16-12/h6-8,10H,3-5H2,1-2H3,(H2,14,17)(H,15,16). The molecule has 1 aromatic rings. The van der Waals surface area contributed by atoms with E-state index in [1.807, 2.05) is 19.1 Å². The van der Waals surface area contributed by atoms with Crippen LogP contribution in [0.3, 0.4) is 0 Å². The highest BCUT2D eigenvalue weighted by Crippen LogP contribution is 2.34. The molecule has 0 bridgehead atoms. The van der Waals surface area contributed by atoms with Gasteiger partial charge in [0, 0.05) is 17.3 Å². The van der Waals surface area contributed by atoms with E-state index in [1.165, 1.54) is 19.3 Å². The summed E-state index contributed by atoms with van der Waals surface area (Å²) in [6.45, 7) is 4.15. The van der Waals surface area contributed by atoms with Crippen molar-refractivity contribution >= 4 is 23.0 Å². The third-order valence-corrected chi connectivity index (χ3v) is 3.25. The first-order valence-electron chi connectivity index (χ1n) is 6.09. The van der Waals surface area contributed by atoms with Crippen molar-refractivity contribution in [1.29, 1.82) is 0 Å². The van der Waals surface area contributed by atoms with Gasteiger partial charge in [-0.25, -0.2) is 4.98 Å². The Labute approximate surface area is 108 Å². The molecule has 1 aliphatic carbocycles. The monoisotopic (exact) mass is 249 g/mol. The average molecular weight is 249 g/mol. The lowest BCUT2D eigenvalue weighted by molar-refractivity contribution is 0.640. The Bertz CT molecular complexity index is 427. The lowest BCUT2D eigenvalue weighted by atomic mass is 10.1. The molecule has 1 saturated carbocycles. The van der Waals surface area contributed by atoms with Gasteiger partial charge in [0.25, 0.3) is 0 Å². The number of nitrogens with two attached hydrogens (primary N) is 1. The van der Waals surface area contributed by atoms with Gasteiger partial charge in [0.1, 0.15) is 10.8 Å². The summed E-state index contributed by atoms with van der Waals surface area (Å²) in [6.07, 6.45) is 3.98. The number of nitrogens with one attached hydrogen (secondary N) is 1. The first-order chi connectivity index (χ1) is 8.04. The normalized spacial score (nSPS) is 16.6. The Morgan fingerprint density at radius 3 is 2.88 bits per heavy atom. The van der Waals surface area contributed by atoms with Crippen LogP contribution in [0.1, 0.15) is 37.4 Å². The number of thiocarbonyl (C=S) groups is 1. The first-order valence-corrected chi connectivity index (χ1v) is 6.50. The number of pyridine rings is 1. The molecular formula is C13H19N3S. The van der Waals surface area contributed by atoms with Crippen molar-refractivity contribution in [1.82, 2.24) is 4.98 Å². The Morgan fingerprint density at radius 2 is 2.29 bits per heavy atom. The van der Waals surface area contributed by atoms with E-state index in [-0.39, 0.29) is 0 Å². The third-order valence-electron chi connectivity index (χ3n) is 3.02. The molecule has 0 radical (unpaired) electrons. The summed E-state index contributed by atoms with van der Waals surface area (Å²) >= 11 is 5.00. The van der Waals surface area contributed by atoms with Crippen molar-refractivity contribution in [3.8, 4) is 0 Å². The smallest absolute Gasteiger partial charge is 0.127 e. The zero-order chi connectivity index (χ0) is 12.4. The van der Waals surface area contributed by atoms with E-state index >= 15 is 0 Å². The van der Waals surface area contributed by atoms with Gasteiger partial charge < -0.3 is 11.1 Å². The van der Waals surface area contributed by atoms with E-state index in [4.69, 9.17) is 18.0 Å². The number of aromatic nitrogens is 1. The predicted molar refractivity (Wildman–Crippen MR) is 75.3 cm³/mol. The fourth-order valence-corrected chi connectivity index (χ4v) is 2.17. The maximum atomic E-state index is 5.65. The van der Waals surface area contributed by atoms with Crippen LogP contribution in [-0.4, -0.2) is 16.0 Å². The number of anilines is 1. The zero-order valence-corrected chi connectivity index (χ0v) is 11.2. The van der Waals surface area contributed by atoms with Crippen molar-refractivity contribution in [2.24, 2.45) is 11.7 Å². The van der Waals surface area contributed by atoms with Crippen LogP contribution in [-0.2, 0) is 0 Å². The highest BCUT2D eigenvalue weighted by Gasteiger charge is 2.23. The summed E-state index contributed by atoms with van der Waals surface area (Å²) in [7, 11) is 0. The molecule has 2 rings (SSSR count). The molecule has 1 fully saturated rings. The molecule has 0 spiro atoms. The second kappa shape index (κ2) is 5.00. The molecule has 3 N–H and O–H groups in total. The number of nitrogens with zero attached hydrogens (tertiary/aromatic N) is 1. The van der Waals surface area contributed by atoms with Gasteiger partial charge in [-0.1, -0.05) is 25.1 Å². The van der Waals surface area contributed by atoms with Gasteiger partial charge in [0.2, 0.25) is 0 Å². The summed E-state index contributed by atoms with van der Waals surface area (Å²) in [5.74, 6) is 1.79. The SMILES string of the molecule is Cc1cc(C(N)=S)cc(NC(C)CC2CC2)n1. The molecule has 1 unspecified atom stereocenters. The minimum Gasteiger partial charge on any atom is -0.389 e. The highest BCUT2D eigenvalue weighted by atomic mass is 32.1. The van der Waals surface area contributed by atoms with Crippen LogP contribution < -0.4 is 11.1 Å². The molecule has 0 aliphatic heterocycles. The van der Waals surface area contributed by atoms with Gasteiger partial charge in [-0.3, -0.25) is 0 Å². The van der Waals surface area contributed by atoms with Crippen molar-refractivity contribution in [2.75, 3.05) is 5.32 Å². The molecule has 92 valence electrons. The topological polar surface area (TPSA) is 50.9 Å². The molecule has 3 nitrogen and oxygen atoms in total. The van der Waals surface area contributed by atoms with Crippen LogP contribution in [0.4, 0.5) is 5.82 Å². The summed E-state index contributed by atoms with van der Waals surface area (Å²) < 4.78 is 0. The Balaban J connectivity index is 2.05. The highest BCUT2D eigenvalue weighted by molar-refractivity contribution is 7.80. The third kappa shape index (κ3) is 3.66. The van der Waals surface area contributed by atoms with Gasteiger partial charge in [0.15, 0.2) is 0 Å². The van der Waals surface area contributed by atoms with E-state index in [1.54, 1.807) is 0 Å². The summed E-state index contributed by atoms with van der Waals surface area (Å²) in [4.78, 5) is 4.88. The molecule has 4 heteroatoms. The fourth-order valence-electron chi connectivity index (χ4n) is 2.05. The molecule has 0 amide bonds. The number of hydrogen-bond acceptors (Lipinski definition) is 3. The van der Waals surface area contributed by atoms with E-state index in [0.29, 0.717) is 11.0 Å². The maximum absolute atomic E-state index is 5.65. The van der Waals surface area contributed by atoms with E-state index in [0.717, 1.165) is 23.0 Å². The van der Waals surface area contributed by atoms with Gasteiger partial charge in [0.05, 0.1) is 0 Å². The number of hydrogen-bond donors (Lipinski definition) is 2. The lowest BCUT2D eigenvalue weighted by Crippen LogP contribution is -2.18. The van der Waals surface area contributed by atoms with Crippen molar-refractivity contribution in [3.63, 3.8) is 0 Å². The van der Waals surface area contributed by atoms with Crippen LogP contribution in [0.2, 0.25) is 0 Å². The summed E-state index contributed by atoms with van der Waals surface area (Å²) in [5, 5.41) is 3.42. The van der Waals surface area contributed by atoms with Crippen molar-refractivity contribution in [3.05, 3.63) is 23.4 Å². The van der Waals surface area contributed by atoms with Crippen LogP contribution in [0.25, 0.3) is 0 Å². The van der Waals surface area contributed by atoms with Crippen LogP contribution in [0.15, 0.2) is 12.1 Å². The van der Waals surface area contributed by atoms with E-state index in [9.17, 15) is 0 Å². The largest absolute Gasteiger partial charge is 0.389 e. The summed E-state index contributed by atoms with van der Waals surface area (Å²) in [6, 6.07) is 4.30. The van der Waals surface area contributed by atoms with Crippen molar-refractivity contribution < 1.29 is 0 Å². The van der Waals surface area contributed by atoms with E-state index < -0.39 is 0 Å². The quantitative estimate of drug-likeness (QED) is 0.788. The second-order valence-electron chi connectivity index (χ2n) is 4.97. The van der Waals surface area contributed by atoms with Crippen LogP contribution in [0.5, 0.6) is 0 Å². The van der Waals surface area contributed by atoms with Crippen LogP contribution >= 0.6 is 12.2 Å². The molecule has 0 aromatic carbocycles. The molecule has 1 heterocycles. The molecule has 1 aromatic heterocycles. The van der Waals surface area contributed by atoms with Crippen molar-refractivity contribution in [2.45, 2.75) is 39.2 Å². The number of aryl methyl sites for hydroxylation is 1. The lowest BCUT2D eigenvalue weighted by Gasteiger charge is -2.15. The summed E-state index contributed by atoms with van der Waals surface area (Å²) in [5.41, 5.74) is 7.47. The van der Waals surface area contributed by atoms with Gasteiger partial charge in [-0.05, 0) is 38.3 Å². The molecular weight excluding hydrogens is 230 g/mol. The fraction of sp³-hybridized carbons (Fsp3) is 0.538. The van der Waals surface area contributed by atoms with Gasteiger partial charge in [-0.2, -0.15) is 0 Å². The molecule has 1 aliphatic rings. The van der Waals surface area contributed by atoms with Crippen LogP contribution in [0, 0.1) is 12.8 Å². The second-order valence-corrected chi connectivity index (χ2v) is 5.41. The Kier molecular flexibility index (Phi) is 3.62. The maximum Gasteiger partial charge on any atom is 0.127 e. The molecule has 0 saturated heterocycles. The zero-order valence-electron chi connectivity index (χ0n) is 10.4. The number of rotatable bonds is 5. The first kappa shape index (κ1) is 12.3. The van der Waals surface area contributed by atoms with E-state index in [2.05, 4.69) is 17.2 Å². The minimum absolute atomic E-state index is 0.424. The van der Waals surface area contributed by atoms with Gasteiger partial charge >= 0.3 is 0 Å². The Morgan fingerprint density at radius 1 is 1.59 bits per heavy atom. The predicted octanol–water partition coefficient (Wildman–Crippen LogP) is 2.62. The van der Waals surface area contributed by atoms with Gasteiger partial charge in [-0.15, -0.1) is 0 Å². The Hall–Kier alpha value is -1.16. The minimum atomic E-state index is 0.424. The molecule has 17 heavy (non-hydrogen) atoms. The molecule has 1 atom stereocenters. The average Bonchev–Trinajstić information content (AvgIpc) is 3.00.